The van der Waals surface area contributed by atoms with E-state index in [1.54, 1.807) is 6.92 Å². The Bertz CT molecular complexity index is 139. The maximum Gasteiger partial charge on any atom is 0.331 e. The molecule has 0 amide bonds. The van der Waals surface area contributed by atoms with Crippen molar-refractivity contribution in [1.29, 1.82) is 0 Å². The number of carbonyl (C=O) groups is 1. The van der Waals surface area contributed by atoms with Crippen LogP contribution in [0.4, 0.5) is 0 Å². The van der Waals surface area contributed by atoms with Crippen LogP contribution in [0.1, 0.15) is 6.92 Å². The molecule has 4 nitrogen and oxygen atoms in total. The van der Waals surface area contributed by atoms with E-state index in [1.807, 2.05) is 0 Å². The van der Waals surface area contributed by atoms with Crippen molar-refractivity contribution in [2.75, 3.05) is 13.2 Å². The average molecular weight is 146 g/mol. The number of hydrogen-bond acceptors (Lipinski definition) is 3. The third-order valence-electron chi connectivity index (χ3n) is 0.770. The second kappa shape index (κ2) is 4.81. The van der Waals surface area contributed by atoms with Crippen molar-refractivity contribution in [2.24, 2.45) is 0 Å². The van der Waals surface area contributed by atoms with E-state index in [0.717, 1.165) is 6.08 Å². The number of carboxylic acids is 1. The summed E-state index contributed by atoms with van der Waals surface area (Å²) in [6.07, 6.45) is 0.837. The highest BCUT2D eigenvalue weighted by atomic mass is 16.5. The summed E-state index contributed by atoms with van der Waals surface area (Å²) in [7, 11) is 0. The monoisotopic (exact) mass is 146 g/mol. The summed E-state index contributed by atoms with van der Waals surface area (Å²) in [5, 5.41) is 16.6. The zero-order valence-corrected chi connectivity index (χ0v) is 5.70. The molecule has 0 rings (SSSR count). The molecule has 4 heteroatoms. The van der Waals surface area contributed by atoms with Crippen LogP contribution in [0, 0.1) is 0 Å². The third-order valence-corrected chi connectivity index (χ3v) is 0.770. The van der Waals surface area contributed by atoms with E-state index in [4.69, 9.17) is 14.9 Å². The summed E-state index contributed by atoms with van der Waals surface area (Å²) in [5.41, 5.74) is 0. The van der Waals surface area contributed by atoms with E-state index in [0.29, 0.717) is 6.61 Å². The Morgan fingerprint density at radius 3 is 2.60 bits per heavy atom. The van der Waals surface area contributed by atoms with Gasteiger partial charge in [-0.2, -0.15) is 0 Å². The van der Waals surface area contributed by atoms with Crippen molar-refractivity contribution in [1.82, 2.24) is 0 Å². The molecular formula is C6H10O4. The predicted molar refractivity (Wildman–Crippen MR) is 34.4 cm³/mol. The maximum absolute atomic E-state index is 9.98. The lowest BCUT2D eigenvalue weighted by Gasteiger charge is -2.02. The first-order chi connectivity index (χ1) is 4.70. The van der Waals surface area contributed by atoms with E-state index in [-0.39, 0.29) is 12.4 Å². The Morgan fingerprint density at radius 1 is 1.70 bits per heavy atom. The fraction of sp³-hybridized carbons (Fsp3) is 0.500. The molecule has 0 aliphatic heterocycles. The SMILES string of the molecule is CCO/C(=C/C(=O)O)CO. The minimum absolute atomic E-state index is 0.0787. The van der Waals surface area contributed by atoms with Crippen molar-refractivity contribution in [3.8, 4) is 0 Å². The first-order valence-electron chi connectivity index (χ1n) is 2.87. The zero-order chi connectivity index (χ0) is 7.98. The van der Waals surface area contributed by atoms with Crippen LogP contribution in [-0.4, -0.2) is 29.4 Å². The number of hydrogen-bond donors (Lipinski definition) is 2. The molecule has 0 bridgehead atoms. The molecule has 0 unspecified atom stereocenters. The molecule has 0 aromatic carbocycles. The van der Waals surface area contributed by atoms with Gasteiger partial charge in [-0.3, -0.25) is 0 Å². The number of aliphatic hydroxyl groups excluding tert-OH is 1. The number of ether oxygens (including phenoxy) is 1. The topological polar surface area (TPSA) is 66.8 Å². The van der Waals surface area contributed by atoms with Gasteiger partial charge in [0.25, 0.3) is 0 Å². The number of carboxylic acid groups (broad SMARTS) is 1. The molecule has 0 aliphatic carbocycles. The highest BCUT2D eigenvalue weighted by Gasteiger charge is 1.97. The Labute approximate surface area is 58.7 Å². The average Bonchev–Trinajstić information content (AvgIpc) is 1.86. The first-order valence-corrected chi connectivity index (χ1v) is 2.87. The lowest BCUT2D eigenvalue weighted by Crippen LogP contribution is -2.00. The molecule has 0 saturated heterocycles. The van der Waals surface area contributed by atoms with Crippen LogP contribution in [0.2, 0.25) is 0 Å². The third kappa shape index (κ3) is 3.91. The maximum atomic E-state index is 9.98. The summed E-state index contributed by atoms with van der Waals surface area (Å²) < 4.78 is 4.73. The normalized spacial score (nSPS) is 11.2. The second-order valence-corrected chi connectivity index (χ2v) is 1.54. The highest BCUT2D eigenvalue weighted by Crippen LogP contribution is 1.93. The minimum Gasteiger partial charge on any atom is -0.496 e. The van der Waals surface area contributed by atoms with Crippen molar-refractivity contribution in [3.63, 3.8) is 0 Å². The standard InChI is InChI=1S/C6H10O4/c1-2-10-5(4-7)3-6(8)9/h3,7H,2,4H2,1H3,(H,8,9)/b5-3+. The Hall–Kier alpha value is -1.03. The van der Waals surface area contributed by atoms with Gasteiger partial charge < -0.3 is 14.9 Å². The number of aliphatic hydroxyl groups is 1. The Balaban J connectivity index is 3.91. The van der Waals surface area contributed by atoms with E-state index in [9.17, 15) is 4.79 Å². The molecular weight excluding hydrogens is 136 g/mol. The molecule has 0 radical (unpaired) electrons. The summed E-state index contributed by atoms with van der Waals surface area (Å²) in [4.78, 5) is 9.98. The van der Waals surface area contributed by atoms with E-state index >= 15 is 0 Å². The van der Waals surface area contributed by atoms with Crippen molar-refractivity contribution in [3.05, 3.63) is 11.8 Å². The van der Waals surface area contributed by atoms with Crippen molar-refractivity contribution >= 4 is 5.97 Å². The van der Waals surface area contributed by atoms with Gasteiger partial charge in [-0.15, -0.1) is 0 Å². The highest BCUT2D eigenvalue weighted by molar-refractivity contribution is 5.80. The second-order valence-electron chi connectivity index (χ2n) is 1.54. The molecule has 0 aliphatic rings. The van der Waals surface area contributed by atoms with Crippen LogP contribution in [-0.2, 0) is 9.53 Å². The Kier molecular flexibility index (Phi) is 4.32. The molecule has 0 heterocycles. The van der Waals surface area contributed by atoms with Gasteiger partial charge in [0.05, 0.1) is 12.7 Å². The van der Waals surface area contributed by atoms with Crippen LogP contribution in [0.25, 0.3) is 0 Å². The van der Waals surface area contributed by atoms with Crippen LogP contribution < -0.4 is 0 Å². The summed E-state index contributed by atoms with van der Waals surface area (Å²) in [6.45, 7) is 1.70. The van der Waals surface area contributed by atoms with Crippen LogP contribution in [0.3, 0.4) is 0 Å². The van der Waals surface area contributed by atoms with Gasteiger partial charge in [-0.25, -0.2) is 4.79 Å². The van der Waals surface area contributed by atoms with E-state index in [2.05, 4.69) is 0 Å². The van der Waals surface area contributed by atoms with Crippen molar-refractivity contribution < 1.29 is 19.7 Å². The lowest BCUT2D eigenvalue weighted by atomic mass is 10.4. The van der Waals surface area contributed by atoms with Gasteiger partial charge in [0.15, 0.2) is 0 Å². The molecule has 2 N–H and O–H groups in total. The molecule has 58 valence electrons. The van der Waals surface area contributed by atoms with Gasteiger partial charge in [0, 0.05) is 0 Å². The first kappa shape index (κ1) is 8.97. The molecule has 0 atom stereocenters. The van der Waals surface area contributed by atoms with Crippen LogP contribution in [0.15, 0.2) is 11.8 Å². The van der Waals surface area contributed by atoms with E-state index < -0.39 is 5.97 Å². The van der Waals surface area contributed by atoms with Crippen LogP contribution >= 0.6 is 0 Å². The summed E-state index contributed by atoms with van der Waals surface area (Å²) in [5.74, 6) is -1.03. The predicted octanol–water partition coefficient (Wildman–Crippen LogP) is -0.0163. The molecule has 0 aromatic rings. The van der Waals surface area contributed by atoms with Crippen molar-refractivity contribution in [2.45, 2.75) is 6.92 Å². The van der Waals surface area contributed by atoms with Crippen LogP contribution in [0.5, 0.6) is 0 Å². The zero-order valence-electron chi connectivity index (χ0n) is 5.70. The van der Waals surface area contributed by atoms with Gasteiger partial charge in [-0.1, -0.05) is 0 Å². The summed E-state index contributed by atoms with van der Waals surface area (Å²) >= 11 is 0. The summed E-state index contributed by atoms with van der Waals surface area (Å²) in [6, 6.07) is 0. The smallest absolute Gasteiger partial charge is 0.331 e. The Morgan fingerprint density at radius 2 is 2.30 bits per heavy atom. The fourth-order valence-electron chi connectivity index (χ4n) is 0.456. The quantitative estimate of drug-likeness (QED) is 0.432. The molecule has 0 aromatic heterocycles. The number of aliphatic carboxylic acids is 1. The van der Waals surface area contributed by atoms with Gasteiger partial charge in [-0.05, 0) is 6.92 Å². The molecule has 0 saturated carbocycles. The largest absolute Gasteiger partial charge is 0.496 e. The van der Waals surface area contributed by atoms with Gasteiger partial charge in [0.1, 0.15) is 12.4 Å². The molecule has 0 fully saturated rings. The number of rotatable bonds is 4. The molecule has 0 spiro atoms. The lowest BCUT2D eigenvalue weighted by molar-refractivity contribution is -0.131. The fourth-order valence-corrected chi connectivity index (χ4v) is 0.456. The van der Waals surface area contributed by atoms with E-state index in [1.165, 1.54) is 0 Å². The van der Waals surface area contributed by atoms with Gasteiger partial charge in [0.2, 0.25) is 0 Å². The molecule has 10 heavy (non-hydrogen) atoms. The van der Waals surface area contributed by atoms with Gasteiger partial charge >= 0.3 is 5.97 Å². The minimum atomic E-state index is -1.11.